The first-order valence-corrected chi connectivity index (χ1v) is 2.91. The van der Waals surface area contributed by atoms with Crippen LogP contribution in [0.3, 0.4) is 0 Å². The lowest BCUT2D eigenvalue weighted by Gasteiger charge is -1.93. The van der Waals surface area contributed by atoms with Crippen LogP contribution in [0.5, 0.6) is 0 Å². The molecule has 1 rings (SSSR count). The first-order valence-electron chi connectivity index (χ1n) is 2.38. The molecule has 0 N–H and O–H groups in total. The van der Waals surface area contributed by atoms with E-state index in [4.69, 9.17) is 11.6 Å². The Hall–Kier alpha value is -0.500. The van der Waals surface area contributed by atoms with Crippen LogP contribution in [0.15, 0.2) is 12.4 Å². The molecule has 1 heterocycles. The molecule has 0 spiro atoms. The van der Waals surface area contributed by atoms with Gasteiger partial charge in [0, 0.05) is 12.4 Å². The van der Waals surface area contributed by atoms with Crippen LogP contribution in [0.4, 0.5) is 0 Å². The van der Waals surface area contributed by atoms with Gasteiger partial charge in [-0.2, -0.15) is 0 Å². The normalized spacial score (nSPS) is 9.75. The molecule has 0 saturated heterocycles. The average molecular weight is 131 g/mol. The van der Waals surface area contributed by atoms with Crippen LogP contribution in [0.25, 0.3) is 0 Å². The molecule has 8 heavy (non-hydrogen) atoms. The van der Waals surface area contributed by atoms with Gasteiger partial charge in [0.15, 0.2) is 0 Å². The van der Waals surface area contributed by atoms with Gasteiger partial charge in [0.25, 0.3) is 0 Å². The van der Waals surface area contributed by atoms with E-state index in [0.29, 0.717) is 6.00 Å². The third-order valence-electron chi connectivity index (χ3n) is 1.05. The summed E-state index contributed by atoms with van der Waals surface area (Å²) in [4.78, 5) is 3.97. The van der Waals surface area contributed by atoms with Gasteiger partial charge in [-0.05, 0) is 6.92 Å². The van der Waals surface area contributed by atoms with Gasteiger partial charge in [-0.15, -0.1) is 11.6 Å². The second-order valence-electron chi connectivity index (χ2n) is 1.56. The first-order chi connectivity index (χ1) is 3.84. The SMILES string of the molecule is Cc1nccn1CCl. The molecule has 0 aliphatic heterocycles. The number of alkyl halides is 1. The Morgan fingerprint density at radius 3 is 2.88 bits per heavy atom. The molecular formula is C5H7ClN2. The predicted molar refractivity (Wildman–Crippen MR) is 32.8 cm³/mol. The molecule has 0 radical (unpaired) electrons. The summed E-state index contributed by atoms with van der Waals surface area (Å²) >= 11 is 5.50. The van der Waals surface area contributed by atoms with E-state index in [2.05, 4.69) is 4.98 Å². The van der Waals surface area contributed by atoms with Crippen LogP contribution >= 0.6 is 11.6 Å². The Bertz CT molecular complexity index is 171. The fourth-order valence-corrected chi connectivity index (χ4v) is 0.783. The lowest BCUT2D eigenvalue weighted by molar-refractivity contribution is 0.831. The van der Waals surface area contributed by atoms with E-state index in [0.717, 1.165) is 5.82 Å². The van der Waals surface area contributed by atoms with E-state index in [1.54, 1.807) is 6.20 Å². The number of nitrogens with zero attached hydrogens (tertiary/aromatic N) is 2. The van der Waals surface area contributed by atoms with Crippen molar-refractivity contribution >= 4 is 11.6 Å². The highest BCUT2D eigenvalue weighted by Crippen LogP contribution is 1.95. The van der Waals surface area contributed by atoms with Crippen LogP contribution in [0, 0.1) is 6.92 Å². The van der Waals surface area contributed by atoms with Gasteiger partial charge in [0.2, 0.25) is 0 Å². The topological polar surface area (TPSA) is 17.8 Å². The summed E-state index contributed by atoms with van der Waals surface area (Å²) in [5, 5.41) is 0. The second kappa shape index (κ2) is 2.18. The van der Waals surface area contributed by atoms with Crippen molar-refractivity contribution in [3.8, 4) is 0 Å². The molecule has 1 aromatic rings. The summed E-state index contributed by atoms with van der Waals surface area (Å²) in [5.41, 5.74) is 0. The lowest BCUT2D eigenvalue weighted by Crippen LogP contribution is -1.91. The van der Waals surface area contributed by atoms with Gasteiger partial charge in [0.1, 0.15) is 5.82 Å². The van der Waals surface area contributed by atoms with E-state index in [1.807, 2.05) is 17.7 Å². The number of aromatic nitrogens is 2. The summed E-state index contributed by atoms with van der Waals surface area (Å²) in [5.74, 6) is 0.958. The van der Waals surface area contributed by atoms with Gasteiger partial charge < -0.3 is 4.57 Å². The Kier molecular flexibility index (Phi) is 1.53. The highest BCUT2D eigenvalue weighted by Gasteiger charge is 1.89. The molecule has 0 aromatic carbocycles. The third-order valence-corrected chi connectivity index (χ3v) is 1.31. The van der Waals surface area contributed by atoms with Crippen LogP contribution in [-0.4, -0.2) is 9.55 Å². The average Bonchev–Trinajstić information content (AvgIpc) is 2.14. The van der Waals surface area contributed by atoms with Crippen molar-refractivity contribution in [2.24, 2.45) is 0 Å². The van der Waals surface area contributed by atoms with E-state index < -0.39 is 0 Å². The smallest absolute Gasteiger partial charge is 0.106 e. The zero-order valence-electron chi connectivity index (χ0n) is 4.63. The van der Waals surface area contributed by atoms with Crippen molar-refractivity contribution < 1.29 is 0 Å². The molecular weight excluding hydrogens is 124 g/mol. The molecule has 1 aromatic heterocycles. The standard InChI is InChI=1S/C5H7ClN2/c1-5-7-2-3-8(5)4-6/h2-3H,4H2,1H3. The van der Waals surface area contributed by atoms with Crippen molar-refractivity contribution in [2.75, 3.05) is 0 Å². The van der Waals surface area contributed by atoms with Crippen LogP contribution < -0.4 is 0 Å². The highest BCUT2D eigenvalue weighted by molar-refractivity contribution is 6.15. The van der Waals surface area contributed by atoms with Gasteiger partial charge in [-0.3, -0.25) is 0 Å². The Labute approximate surface area is 53.1 Å². The largest absolute Gasteiger partial charge is 0.321 e. The third kappa shape index (κ3) is 0.842. The van der Waals surface area contributed by atoms with Crippen molar-refractivity contribution in [1.82, 2.24) is 9.55 Å². The van der Waals surface area contributed by atoms with E-state index in [9.17, 15) is 0 Å². The summed E-state index contributed by atoms with van der Waals surface area (Å²) < 4.78 is 1.86. The molecule has 0 aliphatic rings. The Morgan fingerprint density at radius 1 is 1.88 bits per heavy atom. The molecule has 2 nitrogen and oxygen atoms in total. The number of aryl methyl sites for hydroxylation is 1. The number of hydrogen-bond acceptors (Lipinski definition) is 1. The van der Waals surface area contributed by atoms with Crippen molar-refractivity contribution in [3.63, 3.8) is 0 Å². The first kappa shape index (κ1) is 5.63. The zero-order valence-corrected chi connectivity index (χ0v) is 5.39. The molecule has 0 aliphatic carbocycles. The predicted octanol–water partition coefficient (Wildman–Crippen LogP) is 1.39. The summed E-state index contributed by atoms with van der Waals surface area (Å²) in [6.45, 7) is 1.92. The van der Waals surface area contributed by atoms with E-state index in [1.165, 1.54) is 0 Å². The van der Waals surface area contributed by atoms with Crippen molar-refractivity contribution in [3.05, 3.63) is 18.2 Å². The second-order valence-corrected chi connectivity index (χ2v) is 1.80. The van der Waals surface area contributed by atoms with Crippen LogP contribution in [0.2, 0.25) is 0 Å². The maximum absolute atomic E-state index is 5.50. The number of rotatable bonds is 1. The fourth-order valence-electron chi connectivity index (χ4n) is 0.530. The van der Waals surface area contributed by atoms with Crippen LogP contribution in [0.1, 0.15) is 5.82 Å². The maximum atomic E-state index is 5.50. The molecule has 0 saturated carbocycles. The molecule has 44 valence electrons. The summed E-state index contributed by atoms with van der Waals surface area (Å²) in [6, 6.07) is 0.492. The summed E-state index contributed by atoms with van der Waals surface area (Å²) in [6.07, 6.45) is 3.58. The molecule has 0 atom stereocenters. The monoisotopic (exact) mass is 130 g/mol. The number of halogens is 1. The van der Waals surface area contributed by atoms with Gasteiger partial charge >= 0.3 is 0 Å². The van der Waals surface area contributed by atoms with Gasteiger partial charge in [0.05, 0.1) is 6.00 Å². The van der Waals surface area contributed by atoms with Gasteiger partial charge in [-0.1, -0.05) is 0 Å². The van der Waals surface area contributed by atoms with Gasteiger partial charge in [-0.25, -0.2) is 4.98 Å². The van der Waals surface area contributed by atoms with E-state index in [-0.39, 0.29) is 0 Å². The minimum Gasteiger partial charge on any atom is -0.321 e. The molecule has 0 fully saturated rings. The molecule has 0 unspecified atom stereocenters. The summed E-state index contributed by atoms with van der Waals surface area (Å²) in [7, 11) is 0. The van der Waals surface area contributed by atoms with Crippen molar-refractivity contribution in [1.29, 1.82) is 0 Å². The number of imidazole rings is 1. The zero-order chi connectivity index (χ0) is 5.98. The molecule has 3 heteroatoms. The Morgan fingerprint density at radius 2 is 2.62 bits per heavy atom. The fraction of sp³-hybridized carbons (Fsp3) is 0.400. The maximum Gasteiger partial charge on any atom is 0.106 e. The molecule has 0 bridgehead atoms. The number of hydrogen-bond donors (Lipinski definition) is 0. The molecule has 0 amide bonds. The van der Waals surface area contributed by atoms with Crippen LogP contribution in [-0.2, 0) is 6.00 Å². The lowest BCUT2D eigenvalue weighted by atomic mass is 10.7. The van der Waals surface area contributed by atoms with E-state index >= 15 is 0 Å². The highest BCUT2D eigenvalue weighted by atomic mass is 35.5. The minimum atomic E-state index is 0.492. The Balaban J connectivity index is 2.92. The quantitative estimate of drug-likeness (QED) is 0.526. The minimum absolute atomic E-state index is 0.492. The van der Waals surface area contributed by atoms with Crippen molar-refractivity contribution in [2.45, 2.75) is 12.9 Å².